The molecular weight excluding hydrogens is 314 g/mol. The standard InChI is InChI=1S/C21H19NO3/c22-13-15-3-1-4-16(11-15)17-5-2-6-18(12-17)20-14-24-21(25-20)9-7-19(23)8-10-21/h1-2,4-13,20H,3,14,22H2/b15-13-. The van der Waals surface area contributed by atoms with Crippen molar-refractivity contribution in [1.82, 2.24) is 0 Å². The van der Waals surface area contributed by atoms with Crippen LogP contribution in [-0.4, -0.2) is 18.2 Å². The Kier molecular flexibility index (Phi) is 3.99. The minimum Gasteiger partial charge on any atom is -0.404 e. The molecule has 4 rings (SSSR count). The zero-order valence-electron chi connectivity index (χ0n) is 13.7. The van der Waals surface area contributed by atoms with Crippen LogP contribution in [0.4, 0.5) is 0 Å². The van der Waals surface area contributed by atoms with E-state index in [0.717, 1.165) is 28.7 Å². The summed E-state index contributed by atoms with van der Waals surface area (Å²) in [6, 6.07) is 8.24. The summed E-state index contributed by atoms with van der Waals surface area (Å²) >= 11 is 0. The molecule has 0 saturated carbocycles. The molecule has 1 aromatic carbocycles. The first kappa shape index (κ1) is 15.8. The fourth-order valence-electron chi connectivity index (χ4n) is 3.19. The highest BCUT2D eigenvalue weighted by Gasteiger charge is 2.39. The second-order valence-corrected chi connectivity index (χ2v) is 6.28. The molecule has 1 aliphatic heterocycles. The number of nitrogens with two attached hydrogens (primary N) is 1. The zero-order chi connectivity index (χ0) is 17.3. The first-order valence-electron chi connectivity index (χ1n) is 8.31. The fraction of sp³-hybridized carbons (Fsp3) is 0.190. The highest BCUT2D eigenvalue weighted by Crippen LogP contribution is 2.37. The van der Waals surface area contributed by atoms with Gasteiger partial charge in [0.05, 0.1) is 6.61 Å². The number of carbonyl (C=O) groups is 1. The van der Waals surface area contributed by atoms with Crippen molar-refractivity contribution >= 4 is 11.4 Å². The molecule has 2 N–H and O–H groups in total. The first-order valence-corrected chi connectivity index (χ1v) is 8.31. The molecule has 126 valence electrons. The molecule has 4 nitrogen and oxygen atoms in total. The van der Waals surface area contributed by atoms with Gasteiger partial charge in [-0.15, -0.1) is 0 Å². The van der Waals surface area contributed by atoms with E-state index in [2.05, 4.69) is 30.4 Å². The Morgan fingerprint density at radius 2 is 2.04 bits per heavy atom. The van der Waals surface area contributed by atoms with Crippen LogP contribution in [0.25, 0.3) is 5.57 Å². The molecule has 1 unspecified atom stereocenters. The quantitative estimate of drug-likeness (QED) is 0.901. The number of benzene rings is 1. The van der Waals surface area contributed by atoms with Crippen molar-refractivity contribution in [1.29, 1.82) is 0 Å². The number of hydrogen-bond donors (Lipinski definition) is 1. The van der Waals surface area contributed by atoms with Crippen molar-refractivity contribution in [2.24, 2.45) is 5.73 Å². The summed E-state index contributed by atoms with van der Waals surface area (Å²) in [5.74, 6) is -0.975. The normalized spacial score (nSPS) is 25.8. The average molecular weight is 333 g/mol. The summed E-state index contributed by atoms with van der Waals surface area (Å²) in [6.07, 6.45) is 15.0. The molecule has 1 heterocycles. The van der Waals surface area contributed by atoms with Gasteiger partial charge in [0.25, 0.3) is 0 Å². The number of rotatable bonds is 2. The van der Waals surface area contributed by atoms with Crippen LogP contribution in [-0.2, 0) is 14.3 Å². The van der Waals surface area contributed by atoms with Crippen molar-refractivity contribution in [2.45, 2.75) is 18.3 Å². The molecule has 4 heteroatoms. The second-order valence-electron chi connectivity index (χ2n) is 6.28. The van der Waals surface area contributed by atoms with E-state index >= 15 is 0 Å². The predicted molar refractivity (Wildman–Crippen MR) is 96.2 cm³/mol. The topological polar surface area (TPSA) is 61.5 Å². The molecule has 1 aromatic rings. The molecule has 0 radical (unpaired) electrons. The Bertz CT molecular complexity index is 842. The predicted octanol–water partition coefficient (Wildman–Crippen LogP) is 3.35. The van der Waals surface area contributed by atoms with Gasteiger partial charge in [-0.3, -0.25) is 4.79 Å². The lowest BCUT2D eigenvalue weighted by atomic mass is 9.95. The Morgan fingerprint density at radius 1 is 1.20 bits per heavy atom. The lowest BCUT2D eigenvalue weighted by molar-refractivity contribution is -0.113. The van der Waals surface area contributed by atoms with Crippen LogP contribution < -0.4 is 5.73 Å². The summed E-state index contributed by atoms with van der Waals surface area (Å²) in [5, 5.41) is 0. The van der Waals surface area contributed by atoms with E-state index in [1.807, 2.05) is 12.1 Å². The number of ether oxygens (including phenoxy) is 2. The van der Waals surface area contributed by atoms with E-state index in [4.69, 9.17) is 15.2 Å². The summed E-state index contributed by atoms with van der Waals surface area (Å²) in [6.45, 7) is 0.440. The van der Waals surface area contributed by atoms with E-state index in [1.165, 1.54) is 12.2 Å². The number of hydrogen-bond acceptors (Lipinski definition) is 4. The third-order valence-electron chi connectivity index (χ3n) is 4.54. The molecule has 1 fully saturated rings. The fourth-order valence-corrected chi connectivity index (χ4v) is 3.19. The summed E-state index contributed by atoms with van der Waals surface area (Å²) < 4.78 is 11.9. The Labute approximate surface area is 146 Å². The monoisotopic (exact) mass is 333 g/mol. The zero-order valence-corrected chi connectivity index (χ0v) is 13.7. The smallest absolute Gasteiger partial charge is 0.209 e. The van der Waals surface area contributed by atoms with Crippen LogP contribution in [0.15, 0.2) is 78.6 Å². The Balaban J connectivity index is 1.58. The third kappa shape index (κ3) is 3.14. The van der Waals surface area contributed by atoms with Crippen LogP contribution >= 0.6 is 0 Å². The summed E-state index contributed by atoms with van der Waals surface area (Å²) in [5.41, 5.74) is 10.0. The lowest BCUT2D eigenvalue weighted by Crippen LogP contribution is -2.27. The molecule has 0 bridgehead atoms. The van der Waals surface area contributed by atoms with E-state index < -0.39 is 5.79 Å². The van der Waals surface area contributed by atoms with Crippen LogP contribution in [0.3, 0.4) is 0 Å². The minimum atomic E-state index is -0.923. The summed E-state index contributed by atoms with van der Waals surface area (Å²) in [4.78, 5) is 11.3. The lowest BCUT2D eigenvalue weighted by Gasteiger charge is -2.22. The third-order valence-corrected chi connectivity index (χ3v) is 4.54. The minimum absolute atomic E-state index is 0.0527. The Hall–Kier alpha value is -2.69. The van der Waals surface area contributed by atoms with Crippen LogP contribution in [0.5, 0.6) is 0 Å². The maximum absolute atomic E-state index is 11.3. The van der Waals surface area contributed by atoms with Crippen LogP contribution in [0, 0.1) is 0 Å². The van der Waals surface area contributed by atoms with Crippen LogP contribution in [0.2, 0.25) is 0 Å². The van der Waals surface area contributed by atoms with Gasteiger partial charge in [-0.25, -0.2) is 0 Å². The van der Waals surface area contributed by atoms with Gasteiger partial charge in [0.2, 0.25) is 5.79 Å². The van der Waals surface area contributed by atoms with Gasteiger partial charge in [0.1, 0.15) is 6.10 Å². The van der Waals surface area contributed by atoms with Gasteiger partial charge < -0.3 is 15.2 Å². The van der Waals surface area contributed by atoms with E-state index in [-0.39, 0.29) is 11.9 Å². The SMILES string of the molecule is N/C=C1\C=C(c2cccc(C3COC4(C=CC(=O)C=C4)O3)c2)C=CC1. The number of allylic oxidation sites excluding steroid dienone is 7. The molecule has 3 aliphatic rings. The van der Waals surface area contributed by atoms with Crippen LogP contribution in [0.1, 0.15) is 23.7 Å². The van der Waals surface area contributed by atoms with Gasteiger partial charge in [0.15, 0.2) is 5.78 Å². The molecular formula is C21H19NO3. The van der Waals surface area contributed by atoms with Crippen molar-refractivity contribution < 1.29 is 14.3 Å². The van der Waals surface area contributed by atoms with Gasteiger partial charge in [-0.2, -0.15) is 0 Å². The molecule has 0 amide bonds. The molecule has 1 saturated heterocycles. The molecule has 0 aromatic heterocycles. The maximum atomic E-state index is 11.3. The van der Waals surface area contributed by atoms with E-state index in [9.17, 15) is 4.79 Å². The highest BCUT2D eigenvalue weighted by atomic mass is 16.7. The van der Waals surface area contributed by atoms with Crippen molar-refractivity contribution in [3.05, 3.63) is 89.7 Å². The average Bonchev–Trinajstić information content (AvgIpc) is 3.09. The largest absolute Gasteiger partial charge is 0.404 e. The molecule has 2 aliphatic carbocycles. The van der Waals surface area contributed by atoms with Crippen molar-refractivity contribution in [3.63, 3.8) is 0 Å². The van der Waals surface area contributed by atoms with Crippen molar-refractivity contribution in [2.75, 3.05) is 6.61 Å². The maximum Gasteiger partial charge on any atom is 0.209 e. The molecule has 25 heavy (non-hydrogen) atoms. The van der Waals surface area contributed by atoms with Gasteiger partial charge in [-0.1, -0.05) is 30.4 Å². The summed E-state index contributed by atoms with van der Waals surface area (Å²) in [7, 11) is 0. The van der Waals surface area contributed by atoms with Gasteiger partial charge in [0, 0.05) is 0 Å². The highest BCUT2D eigenvalue weighted by molar-refractivity contribution is 6.00. The Morgan fingerprint density at radius 3 is 2.84 bits per heavy atom. The van der Waals surface area contributed by atoms with E-state index in [0.29, 0.717) is 6.61 Å². The van der Waals surface area contributed by atoms with Gasteiger partial charge in [-0.05, 0) is 71.3 Å². The number of carbonyl (C=O) groups excluding carboxylic acids is 1. The molecule has 1 atom stereocenters. The number of ketones is 1. The molecule has 1 spiro atoms. The van der Waals surface area contributed by atoms with E-state index in [1.54, 1.807) is 18.4 Å². The second kappa shape index (κ2) is 6.31. The van der Waals surface area contributed by atoms with Gasteiger partial charge >= 0.3 is 0 Å². The first-order chi connectivity index (χ1) is 12.2. The van der Waals surface area contributed by atoms with Crippen molar-refractivity contribution in [3.8, 4) is 0 Å².